The number of halogens is 1. The minimum atomic E-state index is -0.600. The van der Waals surface area contributed by atoms with Gasteiger partial charge in [0.25, 0.3) is 0 Å². The first-order chi connectivity index (χ1) is 15.1. The molecule has 0 atom stereocenters. The number of rotatable bonds is 7. The highest BCUT2D eigenvalue weighted by molar-refractivity contribution is 9.10. The van der Waals surface area contributed by atoms with Gasteiger partial charge in [0, 0.05) is 15.4 Å². The van der Waals surface area contributed by atoms with Crippen LogP contribution in [0.2, 0.25) is 0 Å². The number of ether oxygens (including phenoxy) is 2. The van der Waals surface area contributed by atoms with Crippen LogP contribution in [0.5, 0.6) is 11.5 Å². The third-order valence-corrected chi connectivity index (χ3v) is 5.41. The molecule has 0 fully saturated rings. The van der Waals surface area contributed by atoms with Crippen molar-refractivity contribution in [1.29, 1.82) is 0 Å². The number of anilines is 1. The average molecular weight is 498 g/mol. The maximum absolute atomic E-state index is 12.1. The van der Waals surface area contributed by atoms with Gasteiger partial charge in [0.15, 0.2) is 11.5 Å². The van der Waals surface area contributed by atoms with Gasteiger partial charge in [-0.05, 0) is 48.0 Å². The van der Waals surface area contributed by atoms with Crippen molar-refractivity contribution >= 4 is 44.6 Å². The number of carbonyl (C=O) groups is 1. The van der Waals surface area contributed by atoms with E-state index in [0.717, 1.165) is 21.3 Å². The second-order valence-corrected chi connectivity index (χ2v) is 7.97. The van der Waals surface area contributed by atoms with Gasteiger partial charge >= 0.3 is 5.97 Å². The number of nitrogens with one attached hydrogen (secondary N) is 1. The lowest BCUT2D eigenvalue weighted by Gasteiger charge is -2.08. The minimum absolute atomic E-state index is 0.114. The number of hydrogen-bond acceptors (Lipinski definition) is 8. The van der Waals surface area contributed by atoms with Crippen molar-refractivity contribution in [3.63, 3.8) is 0 Å². The van der Waals surface area contributed by atoms with Crippen LogP contribution in [0.15, 0.2) is 80.2 Å². The number of hydrazone groups is 1. The van der Waals surface area contributed by atoms with Gasteiger partial charge in [-0.3, -0.25) is 5.43 Å². The second kappa shape index (κ2) is 9.59. The van der Waals surface area contributed by atoms with Gasteiger partial charge < -0.3 is 13.9 Å². The fraction of sp³-hybridized carbons (Fsp3) is 0.0455. The molecule has 4 rings (SSSR count). The van der Waals surface area contributed by atoms with E-state index in [1.54, 1.807) is 30.5 Å². The van der Waals surface area contributed by atoms with Gasteiger partial charge in [-0.25, -0.2) is 9.78 Å². The predicted molar refractivity (Wildman–Crippen MR) is 123 cm³/mol. The van der Waals surface area contributed by atoms with Crippen molar-refractivity contribution in [2.75, 3.05) is 12.5 Å². The zero-order chi connectivity index (χ0) is 21.6. The molecule has 0 bridgehead atoms. The minimum Gasteiger partial charge on any atom is -0.493 e. The third-order valence-electron chi connectivity index (χ3n) is 4.13. The molecule has 0 aliphatic carbocycles. The molecule has 4 aromatic rings. The van der Waals surface area contributed by atoms with E-state index in [1.165, 1.54) is 30.8 Å². The molecule has 2 heterocycles. The fourth-order valence-corrected chi connectivity index (χ4v) is 3.57. The number of thiazole rings is 1. The van der Waals surface area contributed by atoms with Gasteiger partial charge in [-0.2, -0.15) is 5.10 Å². The van der Waals surface area contributed by atoms with Crippen LogP contribution in [0.3, 0.4) is 0 Å². The molecule has 0 saturated heterocycles. The van der Waals surface area contributed by atoms with Crippen molar-refractivity contribution in [3.8, 4) is 22.8 Å². The lowest BCUT2D eigenvalue weighted by molar-refractivity contribution is 0.0696. The van der Waals surface area contributed by atoms with E-state index in [-0.39, 0.29) is 11.5 Å². The van der Waals surface area contributed by atoms with E-state index in [9.17, 15) is 4.79 Å². The first-order valence-electron chi connectivity index (χ1n) is 9.06. The maximum atomic E-state index is 12.1. The molecule has 2 aromatic heterocycles. The highest BCUT2D eigenvalue weighted by atomic mass is 79.9. The molecule has 7 nitrogen and oxygen atoms in total. The molecule has 0 spiro atoms. The SMILES string of the molecule is COc1cc(/C=N\Nc2nc(-c3ccc(Br)cc3)cs2)ccc1OC(=O)c1ccco1. The van der Waals surface area contributed by atoms with Crippen molar-refractivity contribution in [3.05, 3.63) is 82.0 Å². The van der Waals surface area contributed by atoms with Crippen molar-refractivity contribution in [2.45, 2.75) is 0 Å². The van der Waals surface area contributed by atoms with E-state index in [1.807, 2.05) is 29.6 Å². The zero-order valence-corrected chi connectivity index (χ0v) is 18.6. The third kappa shape index (κ3) is 5.19. The fourth-order valence-electron chi connectivity index (χ4n) is 2.63. The van der Waals surface area contributed by atoms with Crippen LogP contribution >= 0.6 is 27.3 Å². The Balaban J connectivity index is 1.41. The molecular formula is C22H16BrN3O4S. The number of hydrogen-bond donors (Lipinski definition) is 1. The van der Waals surface area contributed by atoms with Crippen molar-refractivity contribution in [1.82, 2.24) is 4.98 Å². The Hall–Kier alpha value is -3.43. The van der Waals surface area contributed by atoms with Crippen LogP contribution in [0, 0.1) is 0 Å². The number of esters is 1. The van der Waals surface area contributed by atoms with E-state index in [2.05, 4.69) is 31.4 Å². The number of nitrogens with zero attached hydrogens (tertiary/aromatic N) is 2. The van der Waals surface area contributed by atoms with Crippen LogP contribution in [-0.4, -0.2) is 24.3 Å². The smallest absolute Gasteiger partial charge is 0.379 e. The number of aromatic nitrogens is 1. The standard InChI is InChI=1S/C22H16BrN3O4S/c1-28-20-11-14(4-9-18(20)30-21(27)19-3-2-10-29-19)12-24-26-22-25-17(13-31-22)15-5-7-16(23)8-6-15/h2-13H,1H3,(H,25,26)/b24-12-. The Morgan fingerprint density at radius 1 is 1.19 bits per heavy atom. The van der Waals surface area contributed by atoms with Gasteiger partial charge in [0.05, 0.1) is 25.3 Å². The Bertz CT molecular complexity index is 1200. The number of benzene rings is 2. The normalized spacial score (nSPS) is 10.9. The van der Waals surface area contributed by atoms with E-state index >= 15 is 0 Å². The second-order valence-electron chi connectivity index (χ2n) is 6.19. The molecule has 31 heavy (non-hydrogen) atoms. The Kier molecular flexibility index (Phi) is 6.44. The molecule has 2 aromatic carbocycles. The molecule has 9 heteroatoms. The van der Waals surface area contributed by atoms with Crippen molar-refractivity contribution < 1.29 is 18.7 Å². The van der Waals surface area contributed by atoms with Crippen LogP contribution in [-0.2, 0) is 0 Å². The summed E-state index contributed by atoms with van der Waals surface area (Å²) in [5.74, 6) is 0.197. The average Bonchev–Trinajstić information content (AvgIpc) is 3.48. The molecular weight excluding hydrogens is 482 g/mol. The highest BCUT2D eigenvalue weighted by Gasteiger charge is 2.14. The summed E-state index contributed by atoms with van der Waals surface area (Å²) >= 11 is 4.89. The first kappa shape index (κ1) is 20.8. The number of methoxy groups -OCH3 is 1. The van der Waals surface area contributed by atoms with Crippen molar-refractivity contribution in [2.24, 2.45) is 5.10 Å². The van der Waals surface area contributed by atoms with Crippen LogP contribution < -0.4 is 14.9 Å². The summed E-state index contributed by atoms with van der Waals surface area (Å²) in [5, 5.41) is 6.86. The van der Waals surface area contributed by atoms with Gasteiger partial charge in [-0.15, -0.1) is 11.3 Å². The highest BCUT2D eigenvalue weighted by Crippen LogP contribution is 2.29. The molecule has 0 aliphatic heterocycles. The summed E-state index contributed by atoms with van der Waals surface area (Å²) in [7, 11) is 1.50. The molecule has 1 N–H and O–H groups in total. The Morgan fingerprint density at radius 3 is 2.77 bits per heavy atom. The molecule has 0 amide bonds. The first-order valence-corrected chi connectivity index (χ1v) is 10.7. The Labute approximate surface area is 190 Å². The topological polar surface area (TPSA) is 86.0 Å². The van der Waals surface area contributed by atoms with Gasteiger partial charge in [0.2, 0.25) is 10.9 Å². The molecule has 0 unspecified atom stereocenters. The lowest BCUT2D eigenvalue weighted by Crippen LogP contribution is -2.08. The Morgan fingerprint density at radius 2 is 2.03 bits per heavy atom. The van der Waals surface area contributed by atoms with Crippen LogP contribution in [0.25, 0.3) is 11.3 Å². The summed E-state index contributed by atoms with van der Waals surface area (Å²) in [4.78, 5) is 16.6. The number of furan rings is 1. The zero-order valence-electron chi connectivity index (χ0n) is 16.2. The molecule has 156 valence electrons. The van der Waals surface area contributed by atoms with Gasteiger partial charge in [0.1, 0.15) is 0 Å². The van der Waals surface area contributed by atoms with Gasteiger partial charge in [-0.1, -0.05) is 28.1 Å². The predicted octanol–water partition coefficient (Wildman–Crippen LogP) is 5.84. The summed E-state index contributed by atoms with van der Waals surface area (Å²) in [6, 6.07) is 16.2. The largest absolute Gasteiger partial charge is 0.493 e. The summed E-state index contributed by atoms with van der Waals surface area (Å²) in [6.07, 6.45) is 3.03. The molecule has 0 radical (unpaired) electrons. The van der Waals surface area contributed by atoms with E-state index in [0.29, 0.717) is 10.9 Å². The monoisotopic (exact) mass is 497 g/mol. The summed E-state index contributed by atoms with van der Waals surface area (Å²) in [6.45, 7) is 0. The summed E-state index contributed by atoms with van der Waals surface area (Å²) < 4.78 is 16.7. The van der Waals surface area contributed by atoms with Crippen LogP contribution in [0.4, 0.5) is 5.13 Å². The molecule has 0 aliphatic rings. The van der Waals surface area contributed by atoms with Crippen LogP contribution in [0.1, 0.15) is 16.1 Å². The number of carbonyl (C=O) groups excluding carboxylic acids is 1. The molecule has 0 saturated carbocycles. The van der Waals surface area contributed by atoms with E-state index < -0.39 is 5.97 Å². The quantitative estimate of drug-likeness (QED) is 0.149. The van der Waals surface area contributed by atoms with E-state index in [4.69, 9.17) is 13.9 Å². The summed E-state index contributed by atoms with van der Waals surface area (Å²) in [5.41, 5.74) is 5.59. The maximum Gasteiger partial charge on any atom is 0.379 e. The lowest BCUT2D eigenvalue weighted by atomic mass is 10.2.